The lowest BCUT2D eigenvalue weighted by Crippen LogP contribution is -2.57. The zero-order chi connectivity index (χ0) is 38.6. The number of H-pyrrole nitrogens is 1. The van der Waals surface area contributed by atoms with Crippen LogP contribution in [0.25, 0.3) is 0 Å². The molecule has 7 N–H and O–H groups in total. The summed E-state index contributed by atoms with van der Waals surface area (Å²) in [6, 6.07) is 6.54. The van der Waals surface area contributed by atoms with E-state index in [0.717, 1.165) is 57.1 Å². The highest BCUT2D eigenvalue weighted by molar-refractivity contribution is 7.89. The first kappa shape index (κ1) is 44.0. The number of aliphatic hydroxyl groups excluding tert-OH is 2. The van der Waals surface area contributed by atoms with Gasteiger partial charge in [0.05, 0.1) is 36.0 Å². The van der Waals surface area contributed by atoms with Gasteiger partial charge in [-0.05, 0) is 57.8 Å². The third-order valence-electron chi connectivity index (χ3n) is 9.67. The van der Waals surface area contributed by atoms with E-state index in [1.807, 2.05) is 44.4 Å². The summed E-state index contributed by atoms with van der Waals surface area (Å²) in [5, 5.41) is 30.8. The molecule has 5 atom stereocenters. The van der Waals surface area contributed by atoms with Crippen LogP contribution in [0.4, 0.5) is 0 Å². The first-order chi connectivity index (χ1) is 25.3. The van der Waals surface area contributed by atoms with Gasteiger partial charge in [-0.25, -0.2) is 18.1 Å². The molecule has 1 aromatic heterocycles. The molecule has 0 saturated heterocycles. The molecule has 0 unspecified atom stereocenters. The van der Waals surface area contributed by atoms with Gasteiger partial charge in [0.1, 0.15) is 12.1 Å². The van der Waals surface area contributed by atoms with E-state index >= 15 is 0 Å². The van der Waals surface area contributed by atoms with E-state index in [4.69, 9.17) is 0 Å². The van der Waals surface area contributed by atoms with Crippen molar-refractivity contribution in [2.45, 2.75) is 127 Å². The first-order valence-electron chi connectivity index (χ1n) is 19.2. The number of amides is 3. The molecule has 2 aromatic rings. The van der Waals surface area contributed by atoms with Crippen molar-refractivity contribution in [1.82, 2.24) is 35.5 Å². The minimum atomic E-state index is -3.56. The second kappa shape index (κ2) is 23.4. The van der Waals surface area contributed by atoms with Gasteiger partial charge >= 0.3 is 0 Å². The minimum Gasteiger partial charge on any atom is -0.392 e. The molecule has 1 fully saturated rings. The molecule has 0 radical (unpaired) electrons. The standard InChI is InChI=1S/C38H63N7O7S/c1-4-20-53(51,52)41-26-31(46)24-35(47)32(21-28-14-8-5-9-15-28)43-38(50)34(23-30-25-39-27-40-30)44-37(49)33(22-29-16-10-6-11-17-29)42-36(48)18-12-7-13-19-45(2)3/h6,10-11,16-17,25,27-28,31-35,41,46-47H,4-5,7-9,12-15,18-24,26H2,1-3H3,(H,39,40)(H,42,48)(H,43,50)(H,44,49)/t31-,32+,33+,34+,35+/m1/s1. The summed E-state index contributed by atoms with van der Waals surface area (Å²) in [6.07, 6.45) is 9.67. The van der Waals surface area contributed by atoms with Crippen LogP contribution in [0.5, 0.6) is 0 Å². The molecule has 1 aliphatic rings. The highest BCUT2D eigenvalue weighted by Crippen LogP contribution is 2.28. The van der Waals surface area contributed by atoms with Crippen molar-refractivity contribution in [3.63, 3.8) is 0 Å². The molecule has 1 heterocycles. The SMILES string of the molecule is CCCS(=O)(=O)NC[C@H](O)C[C@H](O)[C@H](CC1CCCCC1)NC(=O)[C@H](Cc1c[nH]cn1)NC(=O)[C@H](Cc1ccccc1)NC(=O)CCCCCN(C)C. The molecule has 0 bridgehead atoms. The van der Waals surface area contributed by atoms with Crippen LogP contribution >= 0.6 is 0 Å². The van der Waals surface area contributed by atoms with Gasteiger partial charge in [0.15, 0.2) is 0 Å². The Morgan fingerprint density at radius 3 is 2.30 bits per heavy atom. The average Bonchev–Trinajstić information content (AvgIpc) is 3.64. The number of rotatable bonds is 25. The lowest BCUT2D eigenvalue weighted by molar-refractivity contribution is -0.132. The Morgan fingerprint density at radius 1 is 0.943 bits per heavy atom. The van der Waals surface area contributed by atoms with Crippen LogP contribution in [0.3, 0.4) is 0 Å². The lowest BCUT2D eigenvalue weighted by Gasteiger charge is -2.32. The number of aliphatic hydroxyl groups is 2. The van der Waals surface area contributed by atoms with E-state index in [1.54, 1.807) is 13.1 Å². The largest absolute Gasteiger partial charge is 0.392 e. The van der Waals surface area contributed by atoms with Crippen molar-refractivity contribution in [3.8, 4) is 0 Å². The topological polar surface area (TPSA) is 206 Å². The summed E-state index contributed by atoms with van der Waals surface area (Å²) < 4.78 is 26.7. The Kier molecular flexibility index (Phi) is 19.5. The zero-order valence-corrected chi connectivity index (χ0v) is 32.6. The van der Waals surface area contributed by atoms with E-state index in [-0.39, 0.29) is 49.8 Å². The quantitative estimate of drug-likeness (QED) is 0.0740. The summed E-state index contributed by atoms with van der Waals surface area (Å²) >= 11 is 0. The van der Waals surface area contributed by atoms with Gasteiger partial charge in [0.25, 0.3) is 0 Å². The van der Waals surface area contributed by atoms with Crippen molar-refractivity contribution >= 4 is 27.7 Å². The number of carbonyl (C=O) groups excluding carboxylic acids is 3. The van der Waals surface area contributed by atoms with Gasteiger partial charge in [-0.3, -0.25) is 14.4 Å². The van der Waals surface area contributed by atoms with Crippen LogP contribution in [0.2, 0.25) is 0 Å². The molecule has 1 aliphatic carbocycles. The number of carbonyl (C=O) groups is 3. The molecule has 14 nitrogen and oxygen atoms in total. The Morgan fingerprint density at radius 2 is 1.64 bits per heavy atom. The highest BCUT2D eigenvalue weighted by atomic mass is 32.2. The van der Waals surface area contributed by atoms with Crippen LogP contribution in [0.1, 0.15) is 95.2 Å². The number of benzene rings is 1. The predicted molar refractivity (Wildman–Crippen MR) is 205 cm³/mol. The Bertz CT molecular complexity index is 1450. The fraction of sp³-hybridized carbons (Fsp3) is 0.684. The van der Waals surface area contributed by atoms with Gasteiger partial charge in [-0.15, -0.1) is 0 Å². The Hall–Kier alpha value is -3.37. The third-order valence-corrected chi connectivity index (χ3v) is 11.2. The molecule has 0 aliphatic heterocycles. The van der Waals surface area contributed by atoms with Gasteiger partial charge < -0.3 is 36.0 Å². The van der Waals surface area contributed by atoms with Crippen LogP contribution in [-0.2, 0) is 37.2 Å². The van der Waals surface area contributed by atoms with E-state index in [1.165, 1.54) is 6.33 Å². The second-order valence-electron chi connectivity index (χ2n) is 14.7. The molecular weight excluding hydrogens is 699 g/mol. The van der Waals surface area contributed by atoms with Crippen LogP contribution in [0.15, 0.2) is 42.9 Å². The third kappa shape index (κ3) is 17.5. The number of imidazole rings is 1. The minimum absolute atomic E-state index is 0.0486. The van der Waals surface area contributed by atoms with Crippen molar-refractivity contribution in [1.29, 1.82) is 0 Å². The van der Waals surface area contributed by atoms with Crippen LogP contribution in [0, 0.1) is 5.92 Å². The number of sulfonamides is 1. The Balaban J connectivity index is 1.77. The zero-order valence-electron chi connectivity index (χ0n) is 31.8. The van der Waals surface area contributed by atoms with Gasteiger partial charge in [0, 0.05) is 38.4 Å². The summed E-state index contributed by atoms with van der Waals surface area (Å²) in [4.78, 5) is 50.4. The van der Waals surface area contributed by atoms with Gasteiger partial charge in [-0.2, -0.15) is 0 Å². The fourth-order valence-electron chi connectivity index (χ4n) is 6.78. The number of hydrogen-bond donors (Lipinski definition) is 7. The Labute approximate surface area is 315 Å². The van der Waals surface area contributed by atoms with Gasteiger partial charge in [0.2, 0.25) is 27.7 Å². The summed E-state index contributed by atoms with van der Waals surface area (Å²) in [6.45, 7) is 2.42. The van der Waals surface area contributed by atoms with Crippen molar-refractivity contribution in [3.05, 3.63) is 54.1 Å². The maximum absolute atomic E-state index is 14.1. The highest BCUT2D eigenvalue weighted by Gasteiger charge is 2.33. The predicted octanol–water partition coefficient (Wildman–Crippen LogP) is 2.18. The molecule has 53 heavy (non-hydrogen) atoms. The molecule has 0 spiro atoms. The molecule has 3 amide bonds. The normalized spacial score (nSPS) is 16.7. The smallest absolute Gasteiger partial charge is 0.243 e. The molecule has 1 aromatic carbocycles. The number of nitrogens with zero attached hydrogens (tertiary/aromatic N) is 2. The molecule has 15 heteroatoms. The number of hydrogen-bond acceptors (Lipinski definition) is 9. The molecular formula is C38H63N7O7S. The van der Waals surface area contributed by atoms with E-state index < -0.39 is 52.2 Å². The summed E-state index contributed by atoms with van der Waals surface area (Å²) in [5.74, 6) is -1.13. The summed E-state index contributed by atoms with van der Waals surface area (Å²) in [5.41, 5.74) is 1.38. The molecule has 298 valence electrons. The first-order valence-corrected chi connectivity index (χ1v) is 20.9. The average molecular weight is 762 g/mol. The van der Waals surface area contributed by atoms with Crippen LogP contribution in [-0.4, -0.2) is 114 Å². The van der Waals surface area contributed by atoms with Crippen molar-refractivity contribution < 1.29 is 33.0 Å². The molecule has 1 saturated carbocycles. The number of aromatic amines is 1. The van der Waals surface area contributed by atoms with Crippen molar-refractivity contribution in [2.75, 3.05) is 32.9 Å². The lowest BCUT2D eigenvalue weighted by atomic mass is 9.83. The van der Waals surface area contributed by atoms with E-state index in [9.17, 15) is 33.0 Å². The maximum Gasteiger partial charge on any atom is 0.243 e. The number of nitrogens with one attached hydrogen (secondary N) is 5. The van der Waals surface area contributed by atoms with Crippen molar-refractivity contribution in [2.24, 2.45) is 5.92 Å². The number of aromatic nitrogens is 2. The van der Waals surface area contributed by atoms with Gasteiger partial charge in [-0.1, -0.05) is 75.8 Å². The molecule has 3 rings (SSSR count). The summed E-state index contributed by atoms with van der Waals surface area (Å²) in [7, 11) is 0.459. The van der Waals surface area contributed by atoms with E-state index in [0.29, 0.717) is 25.0 Å². The monoisotopic (exact) mass is 761 g/mol. The number of unbranched alkanes of at least 4 members (excludes halogenated alkanes) is 2. The van der Waals surface area contributed by atoms with E-state index in [2.05, 4.69) is 35.5 Å². The maximum atomic E-state index is 14.1. The van der Waals surface area contributed by atoms with Crippen LogP contribution < -0.4 is 20.7 Å². The second-order valence-corrected chi connectivity index (χ2v) is 16.7. The fourth-order valence-corrected chi connectivity index (χ4v) is 7.91.